The number of fused-ring (bicyclic) bond motifs is 3. The van der Waals surface area contributed by atoms with Crippen molar-refractivity contribution >= 4 is 11.9 Å². The Balaban J connectivity index is 1.55. The number of aromatic nitrogens is 1. The minimum Gasteiger partial charge on any atom is -0.396 e. The standard InChI is InChI=1S/C27H33FN4O4/c1-2-12-29-27(36)32-23-20(21(16-33)24(32)26(35)30-13-4-3-5-14-30)15-31-22(23)11-10-19(25(31)34)17-6-8-18(28)9-7-17/h6-11,20-21,23-24,33H,2-5,12-16H2,1H3,(H,29,36)/t20-,21-,23+,24-/m0/s1. The highest BCUT2D eigenvalue weighted by atomic mass is 19.1. The molecule has 1 aromatic heterocycles. The van der Waals surface area contributed by atoms with E-state index in [0.29, 0.717) is 43.0 Å². The average Bonchev–Trinajstić information content (AvgIpc) is 3.43. The van der Waals surface area contributed by atoms with E-state index in [4.69, 9.17) is 0 Å². The van der Waals surface area contributed by atoms with Gasteiger partial charge in [0.1, 0.15) is 11.9 Å². The highest BCUT2D eigenvalue weighted by Crippen LogP contribution is 2.49. The third kappa shape index (κ3) is 4.09. The van der Waals surface area contributed by atoms with Crippen molar-refractivity contribution in [2.24, 2.45) is 11.8 Å². The van der Waals surface area contributed by atoms with E-state index in [2.05, 4.69) is 5.32 Å². The van der Waals surface area contributed by atoms with E-state index in [1.54, 1.807) is 27.7 Å². The zero-order chi connectivity index (χ0) is 25.4. The summed E-state index contributed by atoms with van der Waals surface area (Å²) in [5.41, 5.74) is 1.50. The number of carbonyl (C=O) groups excluding carboxylic acids is 2. The molecule has 5 rings (SSSR count). The Hall–Kier alpha value is -3.20. The van der Waals surface area contributed by atoms with Crippen LogP contribution < -0.4 is 10.9 Å². The Labute approximate surface area is 209 Å². The fraction of sp³-hybridized carbons (Fsp3) is 0.519. The molecule has 3 aliphatic rings. The summed E-state index contributed by atoms with van der Waals surface area (Å²) in [7, 11) is 0. The minimum atomic E-state index is -0.777. The SMILES string of the molecule is CCCNC(=O)N1[C@H](C(=O)N2CCCCC2)[C@@H](CO)[C@@H]2Cn3c(ccc(-c4ccc(F)cc4)c3=O)[C@@H]21. The number of piperidine rings is 1. The normalized spacial score (nSPS) is 25.0. The molecule has 0 radical (unpaired) electrons. The zero-order valence-corrected chi connectivity index (χ0v) is 20.5. The molecular weight excluding hydrogens is 463 g/mol. The second kappa shape index (κ2) is 10.0. The molecule has 9 heteroatoms. The number of halogens is 1. The van der Waals surface area contributed by atoms with Gasteiger partial charge in [0, 0.05) is 55.9 Å². The number of pyridine rings is 1. The maximum absolute atomic E-state index is 13.7. The van der Waals surface area contributed by atoms with Crippen molar-refractivity contribution in [2.45, 2.75) is 51.2 Å². The smallest absolute Gasteiger partial charge is 0.318 e. The van der Waals surface area contributed by atoms with Crippen LogP contribution in [0.15, 0.2) is 41.2 Å². The number of aliphatic hydroxyl groups excluding tert-OH is 1. The molecule has 4 atom stereocenters. The number of carbonyl (C=O) groups is 2. The van der Waals surface area contributed by atoms with Crippen molar-refractivity contribution in [3.8, 4) is 11.1 Å². The molecule has 0 bridgehead atoms. The summed E-state index contributed by atoms with van der Waals surface area (Å²) in [5, 5.41) is 13.4. The second-order valence-corrected chi connectivity index (χ2v) is 10.0. The number of rotatable bonds is 5. The van der Waals surface area contributed by atoms with Gasteiger partial charge in [-0.25, -0.2) is 9.18 Å². The predicted molar refractivity (Wildman–Crippen MR) is 133 cm³/mol. The van der Waals surface area contributed by atoms with Crippen LogP contribution >= 0.6 is 0 Å². The fourth-order valence-electron chi connectivity index (χ4n) is 6.16. The molecule has 2 N–H and O–H groups in total. The molecule has 36 heavy (non-hydrogen) atoms. The van der Waals surface area contributed by atoms with Gasteiger partial charge in [-0.15, -0.1) is 0 Å². The fourth-order valence-corrected chi connectivity index (χ4v) is 6.16. The number of benzene rings is 1. The number of nitrogens with zero attached hydrogens (tertiary/aromatic N) is 3. The Morgan fingerprint density at radius 2 is 1.81 bits per heavy atom. The van der Waals surface area contributed by atoms with E-state index >= 15 is 0 Å². The van der Waals surface area contributed by atoms with E-state index in [0.717, 1.165) is 25.7 Å². The van der Waals surface area contributed by atoms with Crippen LogP contribution in [0.2, 0.25) is 0 Å². The van der Waals surface area contributed by atoms with Gasteiger partial charge in [-0.05, 0) is 55.5 Å². The minimum absolute atomic E-state index is 0.119. The molecule has 3 amide bonds. The molecule has 1 aromatic carbocycles. The van der Waals surface area contributed by atoms with Crippen LogP contribution in [0.25, 0.3) is 11.1 Å². The summed E-state index contributed by atoms with van der Waals surface area (Å²) in [4.78, 5) is 44.1. The monoisotopic (exact) mass is 496 g/mol. The van der Waals surface area contributed by atoms with Crippen LogP contribution in [0.4, 0.5) is 9.18 Å². The Kier molecular flexibility index (Phi) is 6.83. The van der Waals surface area contributed by atoms with Gasteiger partial charge < -0.3 is 24.8 Å². The first-order chi connectivity index (χ1) is 17.5. The highest BCUT2D eigenvalue weighted by molar-refractivity contribution is 5.89. The second-order valence-electron chi connectivity index (χ2n) is 10.0. The molecule has 0 aliphatic carbocycles. The highest BCUT2D eigenvalue weighted by Gasteiger charge is 2.58. The molecule has 4 heterocycles. The molecular formula is C27H33FN4O4. The van der Waals surface area contributed by atoms with Crippen molar-refractivity contribution in [3.05, 3.63) is 58.3 Å². The maximum Gasteiger partial charge on any atom is 0.318 e. The van der Waals surface area contributed by atoms with E-state index < -0.39 is 18.0 Å². The lowest BCUT2D eigenvalue weighted by atomic mass is 9.88. The van der Waals surface area contributed by atoms with E-state index in [-0.39, 0.29) is 35.8 Å². The number of aliphatic hydroxyl groups is 1. The molecule has 0 unspecified atom stereocenters. The van der Waals surface area contributed by atoms with Crippen LogP contribution in [0.5, 0.6) is 0 Å². The summed E-state index contributed by atoms with van der Waals surface area (Å²) in [6.07, 6.45) is 3.69. The van der Waals surface area contributed by atoms with Gasteiger partial charge in [-0.3, -0.25) is 9.59 Å². The first-order valence-electron chi connectivity index (χ1n) is 12.9. The number of urea groups is 1. The number of amides is 3. The van der Waals surface area contributed by atoms with Gasteiger partial charge in [-0.2, -0.15) is 0 Å². The molecule has 192 valence electrons. The summed E-state index contributed by atoms with van der Waals surface area (Å²) in [6.45, 7) is 3.80. The lowest BCUT2D eigenvalue weighted by Crippen LogP contribution is -2.55. The predicted octanol–water partition coefficient (Wildman–Crippen LogP) is 2.75. The van der Waals surface area contributed by atoms with Gasteiger partial charge in [0.2, 0.25) is 5.91 Å². The third-order valence-electron chi connectivity index (χ3n) is 7.91. The van der Waals surface area contributed by atoms with Crippen molar-refractivity contribution in [1.82, 2.24) is 19.7 Å². The van der Waals surface area contributed by atoms with Crippen LogP contribution in [0.1, 0.15) is 44.3 Å². The van der Waals surface area contributed by atoms with Gasteiger partial charge in [-0.1, -0.05) is 19.1 Å². The van der Waals surface area contributed by atoms with Crippen molar-refractivity contribution in [1.29, 1.82) is 0 Å². The molecule has 0 spiro atoms. The van der Waals surface area contributed by atoms with Gasteiger partial charge in [0.25, 0.3) is 5.56 Å². The van der Waals surface area contributed by atoms with Crippen LogP contribution in [-0.4, -0.2) is 63.7 Å². The van der Waals surface area contributed by atoms with Gasteiger partial charge >= 0.3 is 6.03 Å². The molecule has 2 fully saturated rings. The van der Waals surface area contributed by atoms with Crippen molar-refractivity contribution in [3.63, 3.8) is 0 Å². The van der Waals surface area contributed by atoms with Gasteiger partial charge in [0.15, 0.2) is 0 Å². The number of hydrogen-bond donors (Lipinski definition) is 2. The molecule has 8 nitrogen and oxygen atoms in total. The van der Waals surface area contributed by atoms with E-state index in [1.807, 2.05) is 17.9 Å². The van der Waals surface area contributed by atoms with Gasteiger partial charge in [0.05, 0.1) is 6.04 Å². The third-order valence-corrected chi connectivity index (χ3v) is 7.91. The maximum atomic E-state index is 13.7. The summed E-state index contributed by atoms with van der Waals surface area (Å²) < 4.78 is 15.1. The zero-order valence-electron chi connectivity index (χ0n) is 20.5. The van der Waals surface area contributed by atoms with Crippen LogP contribution in [-0.2, 0) is 11.3 Å². The van der Waals surface area contributed by atoms with Crippen molar-refractivity contribution in [2.75, 3.05) is 26.2 Å². The summed E-state index contributed by atoms with van der Waals surface area (Å²) in [5.74, 6) is -1.24. The average molecular weight is 497 g/mol. The largest absolute Gasteiger partial charge is 0.396 e. The van der Waals surface area contributed by atoms with Crippen LogP contribution in [0, 0.1) is 17.7 Å². The number of hydrogen-bond acceptors (Lipinski definition) is 4. The van der Waals surface area contributed by atoms with E-state index in [9.17, 15) is 23.9 Å². The Morgan fingerprint density at radius 1 is 1.08 bits per heavy atom. The topological polar surface area (TPSA) is 94.9 Å². The molecule has 2 aromatic rings. The quantitative estimate of drug-likeness (QED) is 0.666. The Morgan fingerprint density at radius 3 is 2.47 bits per heavy atom. The molecule has 0 saturated carbocycles. The molecule has 3 aliphatic heterocycles. The summed E-state index contributed by atoms with van der Waals surface area (Å²) in [6, 6.07) is 7.70. The van der Waals surface area contributed by atoms with Crippen molar-refractivity contribution < 1.29 is 19.1 Å². The van der Waals surface area contributed by atoms with Crippen LogP contribution in [0.3, 0.4) is 0 Å². The summed E-state index contributed by atoms with van der Waals surface area (Å²) >= 11 is 0. The lowest BCUT2D eigenvalue weighted by Gasteiger charge is -2.36. The first-order valence-corrected chi connectivity index (χ1v) is 12.9. The number of nitrogens with one attached hydrogen (secondary N) is 1. The lowest BCUT2D eigenvalue weighted by molar-refractivity contribution is -0.138. The Bertz CT molecular complexity index is 1190. The van der Waals surface area contributed by atoms with E-state index in [1.165, 1.54) is 12.1 Å². The molecule has 2 saturated heterocycles. The first kappa shape index (κ1) is 24.5. The number of likely N-dealkylation sites (tertiary alicyclic amines) is 2.